The highest BCUT2D eigenvalue weighted by molar-refractivity contribution is 5.82. The maximum Gasteiger partial charge on any atom is 0.471 e. The molecule has 0 radical (unpaired) electrons. The van der Waals surface area contributed by atoms with E-state index in [0.717, 1.165) is 17.7 Å². The summed E-state index contributed by atoms with van der Waals surface area (Å²) in [6.07, 6.45) is -3.63. The van der Waals surface area contributed by atoms with Crippen molar-refractivity contribution in [2.24, 2.45) is 0 Å². The Morgan fingerprint density at radius 2 is 1.71 bits per heavy atom. The standard InChI is InChI=1S/C8H10F3NO2/c9-8(10,11)7(13)12-3-5-1-2-6(4-12)14-5/h5-6H,1-4H2. The van der Waals surface area contributed by atoms with Crippen molar-refractivity contribution in [3.63, 3.8) is 0 Å². The molecule has 6 heteroatoms. The molecule has 14 heavy (non-hydrogen) atoms. The predicted molar refractivity (Wildman–Crippen MR) is 40.5 cm³/mol. The van der Waals surface area contributed by atoms with Gasteiger partial charge in [0.1, 0.15) is 0 Å². The van der Waals surface area contributed by atoms with Gasteiger partial charge < -0.3 is 9.64 Å². The van der Waals surface area contributed by atoms with Gasteiger partial charge in [-0.15, -0.1) is 0 Å². The van der Waals surface area contributed by atoms with Crippen LogP contribution in [0, 0.1) is 0 Å². The third-order valence-electron chi connectivity index (χ3n) is 2.57. The van der Waals surface area contributed by atoms with Crippen molar-refractivity contribution < 1.29 is 22.7 Å². The summed E-state index contributed by atoms with van der Waals surface area (Å²) in [5.41, 5.74) is 0. The predicted octanol–water partition coefficient (Wildman–Crippen LogP) is 0.939. The fourth-order valence-corrected chi connectivity index (χ4v) is 1.96. The minimum atomic E-state index is -4.75. The third kappa shape index (κ3) is 1.70. The highest BCUT2D eigenvalue weighted by Crippen LogP contribution is 2.29. The van der Waals surface area contributed by atoms with E-state index in [0.29, 0.717) is 0 Å². The molecule has 2 rings (SSSR count). The molecule has 0 spiro atoms. The number of nitrogens with zero attached hydrogens (tertiary/aromatic N) is 1. The van der Waals surface area contributed by atoms with Gasteiger partial charge in [-0.3, -0.25) is 4.79 Å². The van der Waals surface area contributed by atoms with Gasteiger partial charge in [0.15, 0.2) is 0 Å². The maximum absolute atomic E-state index is 12.1. The van der Waals surface area contributed by atoms with Gasteiger partial charge in [0.2, 0.25) is 0 Å². The average molecular weight is 209 g/mol. The lowest BCUT2D eigenvalue weighted by molar-refractivity contribution is -0.191. The maximum atomic E-state index is 12.1. The molecular formula is C8H10F3NO2. The highest BCUT2D eigenvalue weighted by Gasteiger charge is 2.46. The summed E-state index contributed by atoms with van der Waals surface area (Å²) in [5, 5.41) is 0. The molecule has 2 aliphatic rings. The molecule has 0 aromatic carbocycles. The summed E-state index contributed by atoms with van der Waals surface area (Å²) < 4.78 is 41.6. The second-order valence-electron chi connectivity index (χ2n) is 3.67. The van der Waals surface area contributed by atoms with E-state index in [1.165, 1.54) is 0 Å². The summed E-state index contributed by atoms with van der Waals surface area (Å²) in [7, 11) is 0. The number of alkyl halides is 3. The molecule has 2 fully saturated rings. The third-order valence-corrected chi connectivity index (χ3v) is 2.57. The minimum absolute atomic E-state index is 0.0782. The molecule has 2 saturated heterocycles. The lowest BCUT2D eigenvalue weighted by Gasteiger charge is -2.32. The van der Waals surface area contributed by atoms with Crippen LogP contribution in [0.15, 0.2) is 0 Å². The zero-order valence-corrected chi connectivity index (χ0v) is 7.38. The minimum Gasteiger partial charge on any atom is -0.371 e. The zero-order valence-electron chi connectivity index (χ0n) is 7.38. The second-order valence-corrected chi connectivity index (χ2v) is 3.67. The number of likely N-dealkylation sites (tertiary alicyclic amines) is 1. The first-order chi connectivity index (χ1) is 6.47. The summed E-state index contributed by atoms with van der Waals surface area (Å²) in [6.45, 7) is 0.156. The molecule has 1 amide bonds. The number of halogens is 3. The zero-order chi connectivity index (χ0) is 10.3. The van der Waals surface area contributed by atoms with Crippen LogP contribution in [0.1, 0.15) is 12.8 Å². The van der Waals surface area contributed by atoms with Crippen molar-refractivity contribution >= 4 is 5.91 Å². The largest absolute Gasteiger partial charge is 0.471 e. The van der Waals surface area contributed by atoms with Crippen molar-refractivity contribution in [2.45, 2.75) is 31.2 Å². The number of carbonyl (C=O) groups is 1. The van der Waals surface area contributed by atoms with Crippen LogP contribution in [0.4, 0.5) is 13.2 Å². The van der Waals surface area contributed by atoms with Crippen LogP contribution in [0.5, 0.6) is 0 Å². The molecule has 0 aromatic heterocycles. The Balaban J connectivity index is 2.03. The van der Waals surface area contributed by atoms with Crippen LogP contribution in [-0.4, -0.2) is 42.3 Å². The van der Waals surface area contributed by atoms with E-state index in [9.17, 15) is 18.0 Å². The Hall–Kier alpha value is -0.780. The highest BCUT2D eigenvalue weighted by atomic mass is 19.4. The fourth-order valence-electron chi connectivity index (χ4n) is 1.96. The van der Waals surface area contributed by atoms with Crippen LogP contribution in [0.2, 0.25) is 0 Å². The van der Waals surface area contributed by atoms with Crippen molar-refractivity contribution in [3.05, 3.63) is 0 Å². The quantitative estimate of drug-likeness (QED) is 0.594. The van der Waals surface area contributed by atoms with E-state index in [1.54, 1.807) is 0 Å². The van der Waals surface area contributed by atoms with Crippen molar-refractivity contribution in [1.29, 1.82) is 0 Å². The number of carbonyl (C=O) groups excluding carboxylic acids is 1. The van der Waals surface area contributed by atoms with Gasteiger partial charge in [-0.2, -0.15) is 13.2 Å². The van der Waals surface area contributed by atoms with Crippen molar-refractivity contribution in [3.8, 4) is 0 Å². The number of amides is 1. The topological polar surface area (TPSA) is 29.5 Å². The van der Waals surface area contributed by atoms with Gasteiger partial charge in [0.25, 0.3) is 0 Å². The Kier molecular flexibility index (Phi) is 2.17. The summed E-state index contributed by atoms with van der Waals surface area (Å²) >= 11 is 0. The monoisotopic (exact) mass is 209 g/mol. The molecule has 2 aliphatic heterocycles. The fraction of sp³-hybridized carbons (Fsp3) is 0.875. The lowest BCUT2D eigenvalue weighted by Crippen LogP contribution is -2.50. The molecule has 0 N–H and O–H groups in total. The molecule has 80 valence electrons. The average Bonchev–Trinajstić information content (AvgIpc) is 2.42. The molecule has 3 nitrogen and oxygen atoms in total. The Morgan fingerprint density at radius 3 is 2.14 bits per heavy atom. The van der Waals surface area contributed by atoms with E-state index in [4.69, 9.17) is 4.74 Å². The molecule has 0 aromatic rings. The Morgan fingerprint density at radius 1 is 1.21 bits per heavy atom. The molecule has 0 saturated carbocycles. The summed E-state index contributed by atoms with van der Waals surface area (Å²) in [5.74, 6) is -1.74. The molecule has 2 heterocycles. The normalized spacial score (nSPS) is 32.1. The van der Waals surface area contributed by atoms with Crippen LogP contribution < -0.4 is 0 Å². The Labute approximate surface area is 78.8 Å². The van der Waals surface area contributed by atoms with E-state index in [2.05, 4.69) is 0 Å². The number of hydrogen-bond donors (Lipinski definition) is 0. The lowest BCUT2D eigenvalue weighted by atomic mass is 10.2. The summed E-state index contributed by atoms with van der Waals surface area (Å²) in [4.78, 5) is 11.7. The number of rotatable bonds is 0. The molecule has 2 atom stereocenters. The van der Waals surface area contributed by atoms with Gasteiger partial charge in [-0.25, -0.2) is 0 Å². The van der Waals surface area contributed by atoms with E-state index < -0.39 is 12.1 Å². The first-order valence-corrected chi connectivity index (χ1v) is 4.48. The number of fused-ring (bicyclic) bond motifs is 2. The van der Waals surface area contributed by atoms with Crippen LogP contribution >= 0.6 is 0 Å². The molecule has 2 bridgehead atoms. The second kappa shape index (κ2) is 3.12. The van der Waals surface area contributed by atoms with Gasteiger partial charge in [0, 0.05) is 13.1 Å². The molecule has 0 aliphatic carbocycles. The van der Waals surface area contributed by atoms with E-state index in [-0.39, 0.29) is 25.3 Å². The molecule has 2 unspecified atom stereocenters. The van der Waals surface area contributed by atoms with Crippen molar-refractivity contribution in [2.75, 3.05) is 13.1 Å². The van der Waals surface area contributed by atoms with Crippen molar-refractivity contribution in [1.82, 2.24) is 4.90 Å². The SMILES string of the molecule is O=C(N1CC2CCC(C1)O2)C(F)(F)F. The van der Waals surface area contributed by atoms with Gasteiger partial charge >= 0.3 is 12.1 Å². The summed E-state index contributed by atoms with van der Waals surface area (Å²) in [6, 6.07) is 0. The van der Waals surface area contributed by atoms with Gasteiger partial charge in [-0.05, 0) is 12.8 Å². The van der Waals surface area contributed by atoms with Gasteiger partial charge in [0.05, 0.1) is 12.2 Å². The number of hydrogen-bond acceptors (Lipinski definition) is 2. The number of morpholine rings is 1. The number of ether oxygens (including phenoxy) is 1. The smallest absolute Gasteiger partial charge is 0.371 e. The van der Waals surface area contributed by atoms with E-state index in [1.807, 2.05) is 0 Å². The first-order valence-electron chi connectivity index (χ1n) is 4.48. The molecular weight excluding hydrogens is 199 g/mol. The van der Waals surface area contributed by atoms with Gasteiger partial charge in [-0.1, -0.05) is 0 Å². The Bertz CT molecular complexity index is 241. The first kappa shape index (κ1) is 9.76. The van der Waals surface area contributed by atoms with Crippen LogP contribution in [-0.2, 0) is 9.53 Å². The van der Waals surface area contributed by atoms with Crippen LogP contribution in [0.25, 0.3) is 0 Å². The van der Waals surface area contributed by atoms with E-state index >= 15 is 0 Å². The van der Waals surface area contributed by atoms with Crippen LogP contribution in [0.3, 0.4) is 0 Å².